The van der Waals surface area contributed by atoms with Gasteiger partial charge in [0.15, 0.2) is 0 Å². The van der Waals surface area contributed by atoms with Crippen LogP contribution in [-0.2, 0) is 4.74 Å². The number of carbonyl (C=O) groups excluding carboxylic acids is 1. The molecular formula is C18H28N4O2. The summed E-state index contributed by atoms with van der Waals surface area (Å²) in [6.45, 7) is 4.56. The van der Waals surface area contributed by atoms with E-state index in [4.69, 9.17) is 4.74 Å². The van der Waals surface area contributed by atoms with Crippen LogP contribution in [0.15, 0.2) is 12.3 Å². The first-order valence-electron chi connectivity index (χ1n) is 9.41. The quantitative estimate of drug-likeness (QED) is 0.870. The molecule has 1 N–H and O–H groups in total. The number of likely N-dealkylation sites (tertiary alicyclic amines) is 1. The van der Waals surface area contributed by atoms with Gasteiger partial charge in [-0.1, -0.05) is 0 Å². The number of nitrogens with one attached hydrogen (secondary N) is 1. The van der Waals surface area contributed by atoms with E-state index in [2.05, 4.69) is 17.3 Å². The van der Waals surface area contributed by atoms with Gasteiger partial charge in [0.05, 0.1) is 18.3 Å². The van der Waals surface area contributed by atoms with Crippen LogP contribution in [0, 0.1) is 11.8 Å². The maximum absolute atomic E-state index is 12.6. The van der Waals surface area contributed by atoms with E-state index in [0.717, 1.165) is 37.7 Å². The molecule has 1 aromatic heterocycles. The summed E-state index contributed by atoms with van der Waals surface area (Å²) < 4.78 is 7.94. The molecule has 132 valence electrons. The Bertz CT molecular complexity index is 579. The van der Waals surface area contributed by atoms with Crippen LogP contribution in [0.3, 0.4) is 0 Å². The number of hydrogen-bond acceptors (Lipinski definition) is 3. The Morgan fingerprint density at radius 3 is 2.96 bits per heavy atom. The van der Waals surface area contributed by atoms with Crippen molar-refractivity contribution in [2.24, 2.45) is 11.8 Å². The van der Waals surface area contributed by atoms with E-state index in [0.29, 0.717) is 18.5 Å². The molecule has 2 aliphatic carbocycles. The van der Waals surface area contributed by atoms with E-state index < -0.39 is 0 Å². The van der Waals surface area contributed by atoms with E-state index in [-0.39, 0.29) is 12.1 Å². The molecule has 1 aromatic rings. The first-order chi connectivity index (χ1) is 11.7. The van der Waals surface area contributed by atoms with Crippen molar-refractivity contribution in [3.8, 4) is 0 Å². The highest BCUT2D eigenvalue weighted by atomic mass is 16.5. The molecule has 6 heteroatoms. The van der Waals surface area contributed by atoms with E-state index >= 15 is 0 Å². The van der Waals surface area contributed by atoms with Crippen LogP contribution >= 0.6 is 0 Å². The van der Waals surface area contributed by atoms with Gasteiger partial charge in [-0.2, -0.15) is 5.10 Å². The average molecular weight is 332 g/mol. The third-order valence-corrected chi connectivity index (χ3v) is 5.53. The number of carbonyl (C=O) groups is 1. The molecule has 1 aliphatic heterocycles. The van der Waals surface area contributed by atoms with E-state index in [1.165, 1.54) is 25.7 Å². The molecule has 3 fully saturated rings. The van der Waals surface area contributed by atoms with Crippen molar-refractivity contribution >= 4 is 11.8 Å². The maximum Gasteiger partial charge on any atom is 0.323 e. The number of hydrogen-bond donors (Lipinski definition) is 1. The summed E-state index contributed by atoms with van der Waals surface area (Å²) in [5.74, 6) is 2.28. The van der Waals surface area contributed by atoms with Crippen LogP contribution in [-0.4, -0.2) is 46.5 Å². The smallest absolute Gasteiger partial charge is 0.323 e. The van der Waals surface area contributed by atoms with Gasteiger partial charge in [0.2, 0.25) is 0 Å². The molecule has 0 radical (unpaired) electrons. The van der Waals surface area contributed by atoms with Crippen LogP contribution in [0.2, 0.25) is 0 Å². The van der Waals surface area contributed by atoms with Crippen molar-refractivity contribution in [1.29, 1.82) is 0 Å². The Morgan fingerprint density at radius 1 is 1.38 bits per heavy atom. The van der Waals surface area contributed by atoms with Gasteiger partial charge >= 0.3 is 6.03 Å². The summed E-state index contributed by atoms with van der Waals surface area (Å²) in [5.41, 5.74) is 0. The van der Waals surface area contributed by atoms with Crippen molar-refractivity contribution in [2.45, 2.75) is 57.6 Å². The molecule has 24 heavy (non-hydrogen) atoms. The first-order valence-corrected chi connectivity index (χ1v) is 9.41. The van der Waals surface area contributed by atoms with Gasteiger partial charge < -0.3 is 9.64 Å². The summed E-state index contributed by atoms with van der Waals surface area (Å²) in [4.78, 5) is 14.5. The second kappa shape index (κ2) is 6.75. The lowest BCUT2D eigenvalue weighted by molar-refractivity contribution is 0.00595. The molecule has 2 amide bonds. The molecule has 0 aromatic carbocycles. The minimum atomic E-state index is -0.0283. The van der Waals surface area contributed by atoms with Gasteiger partial charge in [-0.15, -0.1) is 0 Å². The lowest BCUT2D eigenvalue weighted by Crippen LogP contribution is -2.45. The predicted octanol–water partition coefficient (Wildman–Crippen LogP) is 3.28. The number of ether oxygens (including phenoxy) is 1. The van der Waals surface area contributed by atoms with Crippen molar-refractivity contribution in [2.75, 3.05) is 25.0 Å². The molecule has 6 nitrogen and oxygen atoms in total. The summed E-state index contributed by atoms with van der Waals surface area (Å²) >= 11 is 0. The zero-order chi connectivity index (χ0) is 16.5. The Balaban J connectivity index is 1.32. The van der Waals surface area contributed by atoms with Crippen LogP contribution in [0.1, 0.15) is 51.5 Å². The molecule has 0 unspecified atom stereocenters. The second-order valence-corrected chi connectivity index (χ2v) is 7.66. The fourth-order valence-corrected chi connectivity index (χ4v) is 3.52. The fourth-order valence-electron chi connectivity index (χ4n) is 3.52. The minimum absolute atomic E-state index is 0.0283. The van der Waals surface area contributed by atoms with Crippen LogP contribution < -0.4 is 5.32 Å². The Morgan fingerprint density at radius 2 is 2.21 bits per heavy atom. The van der Waals surface area contributed by atoms with E-state index in [9.17, 15) is 4.79 Å². The molecule has 2 atom stereocenters. The lowest BCUT2D eigenvalue weighted by Gasteiger charge is -2.32. The molecule has 2 heterocycles. The van der Waals surface area contributed by atoms with Gasteiger partial charge in [-0.25, -0.2) is 9.48 Å². The largest absolute Gasteiger partial charge is 0.376 e. The monoisotopic (exact) mass is 332 g/mol. The zero-order valence-corrected chi connectivity index (χ0v) is 14.5. The number of amides is 2. The normalized spacial score (nSPS) is 25.5. The summed E-state index contributed by atoms with van der Waals surface area (Å²) in [6, 6.07) is 2.22. The molecule has 2 saturated carbocycles. The maximum atomic E-state index is 12.6. The summed E-state index contributed by atoms with van der Waals surface area (Å²) in [6.07, 6.45) is 9.18. The predicted molar refractivity (Wildman–Crippen MR) is 92.0 cm³/mol. The van der Waals surface area contributed by atoms with Crippen molar-refractivity contribution in [1.82, 2.24) is 14.7 Å². The van der Waals surface area contributed by atoms with Gasteiger partial charge in [-0.05, 0) is 57.3 Å². The topological polar surface area (TPSA) is 59.4 Å². The summed E-state index contributed by atoms with van der Waals surface area (Å²) in [5, 5.41) is 7.46. The Hall–Kier alpha value is -1.56. The van der Waals surface area contributed by atoms with Crippen molar-refractivity contribution in [3.05, 3.63) is 12.3 Å². The van der Waals surface area contributed by atoms with Gasteiger partial charge in [0.1, 0.15) is 5.82 Å². The van der Waals surface area contributed by atoms with E-state index in [1.807, 2.05) is 15.6 Å². The highest BCUT2D eigenvalue weighted by Crippen LogP contribution is 2.40. The third-order valence-electron chi connectivity index (χ3n) is 5.53. The number of urea groups is 1. The number of piperidine rings is 1. The standard InChI is InChI=1S/C18H28N4O2/c1-13(15-6-7-15)22-17(8-9-19-22)20-18(23)21-10-2-3-16(11-21)24-12-14-4-5-14/h8-9,13-16H,2-7,10-12H2,1H3,(H,20,23)/t13-,16+/m1/s1. The lowest BCUT2D eigenvalue weighted by atomic mass is 10.1. The zero-order valence-electron chi connectivity index (χ0n) is 14.5. The first kappa shape index (κ1) is 15.9. The van der Waals surface area contributed by atoms with Crippen LogP contribution in [0.5, 0.6) is 0 Å². The van der Waals surface area contributed by atoms with Gasteiger partial charge in [0, 0.05) is 25.8 Å². The van der Waals surface area contributed by atoms with Gasteiger partial charge in [0.25, 0.3) is 0 Å². The minimum Gasteiger partial charge on any atom is -0.376 e. The molecule has 0 spiro atoms. The second-order valence-electron chi connectivity index (χ2n) is 7.66. The SMILES string of the molecule is C[C@H](C1CC1)n1nccc1NC(=O)N1CCC[C@H](OCC2CC2)C1. The third kappa shape index (κ3) is 3.74. The fraction of sp³-hybridized carbons (Fsp3) is 0.778. The molecule has 3 aliphatic rings. The van der Waals surface area contributed by atoms with Crippen LogP contribution in [0.4, 0.5) is 10.6 Å². The Kier molecular flexibility index (Phi) is 4.48. The molecule has 4 rings (SSSR count). The molecule has 0 bridgehead atoms. The molecule has 1 saturated heterocycles. The Labute approximate surface area is 143 Å². The number of anilines is 1. The highest BCUT2D eigenvalue weighted by molar-refractivity contribution is 5.88. The van der Waals surface area contributed by atoms with Crippen LogP contribution in [0.25, 0.3) is 0 Å². The molecular weight excluding hydrogens is 304 g/mol. The average Bonchev–Trinajstić information content (AvgIpc) is 3.51. The van der Waals surface area contributed by atoms with Crippen molar-refractivity contribution < 1.29 is 9.53 Å². The highest BCUT2D eigenvalue weighted by Gasteiger charge is 2.32. The number of rotatable bonds is 6. The van der Waals surface area contributed by atoms with E-state index in [1.54, 1.807) is 6.20 Å². The number of nitrogens with zero attached hydrogens (tertiary/aromatic N) is 3. The summed E-state index contributed by atoms with van der Waals surface area (Å²) in [7, 11) is 0. The van der Waals surface area contributed by atoms with Gasteiger partial charge in [-0.3, -0.25) is 5.32 Å². The number of aromatic nitrogens is 2. The van der Waals surface area contributed by atoms with Crippen molar-refractivity contribution in [3.63, 3.8) is 0 Å².